The zero-order chi connectivity index (χ0) is 11.9. The van der Waals surface area contributed by atoms with Crippen molar-refractivity contribution in [2.24, 2.45) is 0 Å². The van der Waals surface area contributed by atoms with E-state index in [1.165, 1.54) is 6.92 Å². The highest BCUT2D eigenvalue weighted by Crippen LogP contribution is 1.99. The molecule has 1 aromatic carbocycles. The molecule has 0 aliphatic carbocycles. The molecule has 0 spiro atoms. The van der Waals surface area contributed by atoms with Crippen LogP contribution in [0.25, 0.3) is 0 Å². The number of hydrogen-bond acceptors (Lipinski definition) is 1. The molecule has 0 aliphatic rings. The van der Waals surface area contributed by atoms with E-state index >= 15 is 0 Å². The second-order valence-electron chi connectivity index (χ2n) is 2.21. The maximum atomic E-state index is 11.5. The van der Waals surface area contributed by atoms with Crippen LogP contribution in [0.15, 0.2) is 30.3 Å². The van der Waals surface area contributed by atoms with Crippen molar-refractivity contribution in [1.82, 2.24) is 0 Å². The first-order valence-electron chi connectivity index (χ1n) is 4.46. The molecule has 0 heterocycles. The Labute approximate surface area is 88.9 Å². The SMILES string of the molecule is CCF.CF.FCOCc1ccccc1. The van der Waals surface area contributed by atoms with E-state index in [-0.39, 0.29) is 6.67 Å². The molecular weight excluding hydrogens is 205 g/mol. The van der Waals surface area contributed by atoms with Crippen molar-refractivity contribution in [3.63, 3.8) is 0 Å². The molecule has 0 N–H and O–H groups in total. The highest BCUT2D eigenvalue weighted by molar-refractivity contribution is 5.13. The van der Waals surface area contributed by atoms with E-state index in [1.54, 1.807) is 0 Å². The minimum atomic E-state index is -0.713. The number of benzene rings is 1. The first-order chi connectivity index (χ1) is 7.35. The molecule has 0 amide bonds. The van der Waals surface area contributed by atoms with Crippen LogP contribution in [-0.2, 0) is 11.3 Å². The van der Waals surface area contributed by atoms with E-state index in [1.807, 2.05) is 30.3 Å². The van der Waals surface area contributed by atoms with Crippen LogP contribution in [0.5, 0.6) is 0 Å². The fourth-order valence-corrected chi connectivity index (χ4v) is 0.731. The smallest absolute Gasteiger partial charge is 0.188 e. The summed E-state index contributed by atoms with van der Waals surface area (Å²) in [6, 6.07) is 9.51. The molecule has 0 radical (unpaired) electrons. The molecule has 0 aromatic heterocycles. The van der Waals surface area contributed by atoms with E-state index in [0.29, 0.717) is 13.8 Å². The molecule has 0 atom stereocenters. The summed E-state index contributed by atoms with van der Waals surface area (Å²) in [6.45, 7) is 0.853. The fourth-order valence-electron chi connectivity index (χ4n) is 0.731. The van der Waals surface area contributed by atoms with Gasteiger partial charge in [-0.1, -0.05) is 30.3 Å². The summed E-state index contributed by atoms with van der Waals surface area (Å²) in [5.74, 6) is 0. The lowest BCUT2D eigenvalue weighted by molar-refractivity contribution is 0.0462. The number of alkyl halides is 3. The van der Waals surface area contributed by atoms with Gasteiger partial charge in [0.25, 0.3) is 0 Å². The van der Waals surface area contributed by atoms with E-state index in [9.17, 15) is 13.2 Å². The van der Waals surface area contributed by atoms with Gasteiger partial charge in [0.1, 0.15) is 0 Å². The molecule has 0 saturated carbocycles. The lowest BCUT2D eigenvalue weighted by Crippen LogP contribution is -1.89. The predicted molar refractivity (Wildman–Crippen MR) is 55.9 cm³/mol. The Hall–Kier alpha value is -1.03. The quantitative estimate of drug-likeness (QED) is 0.757. The van der Waals surface area contributed by atoms with Crippen molar-refractivity contribution in [3.8, 4) is 0 Å². The van der Waals surface area contributed by atoms with Gasteiger partial charge in [-0.3, -0.25) is 8.78 Å². The van der Waals surface area contributed by atoms with Gasteiger partial charge in [0.15, 0.2) is 6.86 Å². The number of ether oxygens (including phenoxy) is 1. The van der Waals surface area contributed by atoms with Crippen molar-refractivity contribution >= 4 is 0 Å². The molecule has 15 heavy (non-hydrogen) atoms. The van der Waals surface area contributed by atoms with Crippen LogP contribution in [0.3, 0.4) is 0 Å². The standard InChI is InChI=1S/C8H9FO.C2H5F.CH3F/c9-7-10-6-8-4-2-1-3-5-8;1-2-3;1-2/h1-5H,6-7H2;2H2,1H3;1H3. The number of rotatable bonds is 3. The number of halogens is 3. The molecule has 0 unspecified atom stereocenters. The van der Waals surface area contributed by atoms with Crippen LogP contribution in [0, 0.1) is 0 Å². The zero-order valence-electron chi connectivity index (χ0n) is 9.05. The Morgan fingerprint density at radius 3 is 1.93 bits per heavy atom. The van der Waals surface area contributed by atoms with Crippen molar-refractivity contribution in [2.45, 2.75) is 13.5 Å². The lowest BCUT2D eigenvalue weighted by atomic mass is 10.2. The zero-order valence-corrected chi connectivity index (χ0v) is 9.05. The Kier molecular flexibility index (Phi) is 16.9. The predicted octanol–water partition coefficient (Wildman–Crippen LogP) is 3.69. The van der Waals surface area contributed by atoms with Crippen molar-refractivity contribution in [2.75, 3.05) is 20.7 Å². The lowest BCUT2D eigenvalue weighted by Gasteiger charge is -1.97. The first kappa shape index (κ1) is 16.4. The summed E-state index contributed by atoms with van der Waals surface area (Å²) in [4.78, 5) is 0. The van der Waals surface area contributed by atoms with E-state index in [2.05, 4.69) is 4.74 Å². The van der Waals surface area contributed by atoms with Crippen LogP contribution in [0.1, 0.15) is 12.5 Å². The molecule has 1 rings (SSSR count). The highest BCUT2D eigenvalue weighted by Gasteiger charge is 1.88. The summed E-state index contributed by atoms with van der Waals surface area (Å²) in [7, 11) is 0.500. The van der Waals surface area contributed by atoms with Gasteiger partial charge in [-0.05, 0) is 12.5 Å². The molecule has 0 fully saturated rings. The van der Waals surface area contributed by atoms with Gasteiger partial charge < -0.3 is 4.74 Å². The molecule has 88 valence electrons. The van der Waals surface area contributed by atoms with E-state index in [4.69, 9.17) is 0 Å². The van der Waals surface area contributed by atoms with Gasteiger partial charge in [0.05, 0.1) is 20.5 Å². The molecule has 0 bridgehead atoms. The van der Waals surface area contributed by atoms with Crippen LogP contribution in [0.4, 0.5) is 13.2 Å². The Bertz CT molecular complexity index is 192. The molecule has 0 aliphatic heterocycles. The van der Waals surface area contributed by atoms with Gasteiger partial charge in [-0.15, -0.1) is 0 Å². The summed E-state index contributed by atoms with van der Waals surface area (Å²) in [6.07, 6.45) is 0. The third kappa shape index (κ3) is 13.0. The fraction of sp³-hybridized carbons (Fsp3) is 0.455. The Morgan fingerprint density at radius 1 is 1.07 bits per heavy atom. The Morgan fingerprint density at radius 2 is 1.53 bits per heavy atom. The molecule has 1 nitrogen and oxygen atoms in total. The topological polar surface area (TPSA) is 9.23 Å². The van der Waals surface area contributed by atoms with Gasteiger partial charge in [0, 0.05) is 0 Å². The van der Waals surface area contributed by atoms with Crippen molar-refractivity contribution in [1.29, 1.82) is 0 Å². The highest BCUT2D eigenvalue weighted by atomic mass is 19.1. The van der Waals surface area contributed by atoms with Crippen LogP contribution < -0.4 is 0 Å². The maximum Gasteiger partial charge on any atom is 0.188 e. The van der Waals surface area contributed by atoms with Crippen LogP contribution in [-0.4, -0.2) is 20.7 Å². The maximum absolute atomic E-state index is 11.5. The van der Waals surface area contributed by atoms with Crippen molar-refractivity contribution in [3.05, 3.63) is 35.9 Å². The van der Waals surface area contributed by atoms with Gasteiger partial charge in [-0.2, -0.15) is 0 Å². The third-order valence-electron chi connectivity index (χ3n) is 1.19. The first-order valence-corrected chi connectivity index (χ1v) is 4.46. The average Bonchev–Trinajstić information content (AvgIpc) is 2.31. The summed E-state index contributed by atoms with van der Waals surface area (Å²) in [5.41, 5.74) is 1.00. The van der Waals surface area contributed by atoms with E-state index in [0.717, 1.165) is 5.56 Å². The minimum absolute atomic E-state index is 0.250. The third-order valence-corrected chi connectivity index (χ3v) is 1.19. The average molecular weight is 222 g/mol. The second-order valence-corrected chi connectivity index (χ2v) is 2.21. The summed E-state index contributed by atoms with van der Waals surface area (Å²) < 4.78 is 35.8. The minimum Gasteiger partial charge on any atom is -0.346 e. The normalized spacial score (nSPS) is 8.07. The second kappa shape index (κ2) is 15.4. The monoisotopic (exact) mass is 222 g/mol. The van der Waals surface area contributed by atoms with Gasteiger partial charge >= 0.3 is 0 Å². The summed E-state index contributed by atoms with van der Waals surface area (Å²) in [5, 5.41) is 0. The molecule has 1 aromatic rings. The molecular formula is C11H17F3O. The summed E-state index contributed by atoms with van der Waals surface area (Å²) >= 11 is 0. The number of hydrogen-bond donors (Lipinski definition) is 0. The van der Waals surface area contributed by atoms with Crippen LogP contribution in [0.2, 0.25) is 0 Å². The van der Waals surface area contributed by atoms with Gasteiger partial charge in [-0.25, -0.2) is 4.39 Å². The van der Waals surface area contributed by atoms with Crippen LogP contribution >= 0.6 is 0 Å². The van der Waals surface area contributed by atoms with Crippen molar-refractivity contribution < 1.29 is 17.9 Å². The largest absolute Gasteiger partial charge is 0.346 e. The van der Waals surface area contributed by atoms with E-state index < -0.39 is 6.86 Å². The Balaban J connectivity index is 0. The van der Waals surface area contributed by atoms with Gasteiger partial charge in [0.2, 0.25) is 0 Å². The molecule has 4 heteroatoms. The molecule has 0 saturated heterocycles.